The van der Waals surface area contributed by atoms with Crippen LogP contribution in [0, 0.1) is 13.8 Å². The summed E-state index contributed by atoms with van der Waals surface area (Å²) in [4.78, 5) is 24.7. The van der Waals surface area contributed by atoms with Crippen LogP contribution in [0.3, 0.4) is 0 Å². The summed E-state index contributed by atoms with van der Waals surface area (Å²) in [6.45, 7) is 8.69. The molecular weight excluding hydrogens is 326 g/mol. The Morgan fingerprint density at radius 2 is 2.04 bits per heavy atom. The highest BCUT2D eigenvalue weighted by molar-refractivity contribution is 7.18. The van der Waals surface area contributed by atoms with E-state index < -0.39 is 0 Å². The number of carbonyl (C=O) groups is 1. The van der Waals surface area contributed by atoms with Crippen molar-refractivity contribution in [1.29, 1.82) is 0 Å². The van der Waals surface area contributed by atoms with E-state index >= 15 is 0 Å². The predicted molar refractivity (Wildman–Crippen MR) is 94.7 cm³/mol. The number of ether oxygens (including phenoxy) is 1. The maximum absolute atomic E-state index is 11.6. The largest absolute Gasteiger partial charge is 0.370 e. The van der Waals surface area contributed by atoms with Gasteiger partial charge in [0.25, 0.3) is 0 Å². The highest BCUT2D eigenvalue weighted by atomic mass is 32.1. The molecule has 1 aliphatic rings. The van der Waals surface area contributed by atoms with Crippen molar-refractivity contribution in [2.45, 2.75) is 20.4 Å². The lowest BCUT2D eigenvalue weighted by molar-refractivity contribution is -0.922. The fraction of sp³-hybridized carbons (Fsp3) is 0.562. The van der Waals surface area contributed by atoms with E-state index in [9.17, 15) is 4.79 Å². The molecule has 0 aliphatic carbocycles. The lowest BCUT2D eigenvalue weighted by Gasteiger charge is -2.23. The molecule has 0 spiro atoms. The summed E-state index contributed by atoms with van der Waals surface area (Å²) in [5, 5.41) is 6.83. The maximum Gasteiger partial charge on any atom is 0.239 e. The number of hydrogen-bond donors (Lipinski definition) is 3. The average molecular weight is 350 g/mol. The van der Waals surface area contributed by atoms with Crippen LogP contribution in [0.15, 0.2) is 0 Å². The van der Waals surface area contributed by atoms with Gasteiger partial charge in [0.2, 0.25) is 5.91 Å². The molecule has 3 heterocycles. The van der Waals surface area contributed by atoms with Crippen LogP contribution in [-0.4, -0.2) is 55.8 Å². The summed E-state index contributed by atoms with van der Waals surface area (Å²) in [5.41, 5.74) is 1.18. The molecule has 1 fully saturated rings. The molecule has 0 saturated carbocycles. The predicted octanol–water partition coefficient (Wildman–Crippen LogP) is -0.119. The minimum Gasteiger partial charge on any atom is -0.370 e. The minimum absolute atomic E-state index is 0.0632. The van der Waals surface area contributed by atoms with E-state index in [1.165, 1.54) is 15.3 Å². The molecule has 0 aromatic carbocycles. The second kappa shape index (κ2) is 7.42. The van der Waals surface area contributed by atoms with E-state index in [0.29, 0.717) is 0 Å². The third kappa shape index (κ3) is 3.66. The second-order valence-corrected chi connectivity index (χ2v) is 7.22. The number of thiophene rings is 1. The maximum atomic E-state index is 11.6. The zero-order chi connectivity index (χ0) is 17.1. The first-order chi connectivity index (χ1) is 11.6. The molecule has 3 rings (SSSR count). The van der Waals surface area contributed by atoms with Crippen LogP contribution >= 0.6 is 11.3 Å². The van der Waals surface area contributed by atoms with Gasteiger partial charge in [-0.1, -0.05) is 0 Å². The van der Waals surface area contributed by atoms with Gasteiger partial charge in [-0.2, -0.15) is 0 Å². The number of fused-ring (bicyclic) bond motifs is 1. The minimum atomic E-state index is -0.0632. The summed E-state index contributed by atoms with van der Waals surface area (Å²) in [6.07, 6.45) is 0. The summed E-state index contributed by atoms with van der Waals surface area (Å²) < 4.78 is 5.41. The topological polar surface area (TPSA) is 80.6 Å². The van der Waals surface area contributed by atoms with Crippen molar-refractivity contribution in [2.75, 3.05) is 45.2 Å². The molecule has 2 aromatic rings. The van der Waals surface area contributed by atoms with Gasteiger partial charge in [0.05, 0.1) is 25.1 Å². The Morgan fingerprint density at radius 3 is 2.75 bits per heavy atom. The van der Waals surface area contributed by atoms with Gasteiger partial charge >= 0.3 is 0 Å². The van der Waals surface area contributed by atoms with Crippen molar-refractivity contribution in [3.63, 3.8) is 0 Å². The first-order valence-corrected chi connectivity index (χ1v) is 9.02. The highest BCUT2D eigenvalue weighted by Gasteiger charge is 2.19. The van der Waals surface area contributed by atoms with Gasteiger partial charge in [-0.15, -0.1) is 11.3 Å². The molecule has 7 nitrogen and oxygen atoms in total. The van der Waals surface area contributed by atoms with Crippen molar-refractivity contribution in [3.05, 3.63) is 16.3 Å². The van der Waals surface area contributed by atoms with Crippen LogP contribution in [0.4, 0.5) is 5.82 Å². The molecule has 0 atom stereocenters. The van der Waals surface area contributed by atoms with Gasteiger partial charge in [0.1, 0.15) is 30.3 Å². The van der Waals surface area contributed by atoms with Gasteiger partial charge in [0.15, 0.2) is 5.82 Å². The second-order valence-electron chi connectivity index (χ2n) is 6.02. The molecule has 3 N–H and O–H groups in total. The van der Waals surface area contributed by atoms with Crippen molar-refractivity contribution < 1.29 is 14.4 Å². The average Bonchev–Trinajstić information content (AvgIpc) is 2.87. The van der Waals surface area contributed by atoms with Crippen molar-refractivity contribution in [1.82, 2.24) is 15.3 Å². The van der Waals surface area contributed by atoms with Crippen molar-refractivity contribution >= 4 is 33.3 Å². The molecule has 0 bridgehead atoms. The first kappa shape index (κ1) is 17.1. The Hall–Kier alpha value is -1.77. The zero-order valence-electron chi connectivity index (χ0n) is 14.4. The number of nitrogens with zero attached hydrogens (tertiary/aromatic N) is 2. The Labute approximate surface area is 145 Å². The van der Waals surface area contributed by atoms with Crippen LogP contribution in [-0.2, 0) is 16.1 Å². The van der Waals surface area contributed by atoms with E-state index in [1.54, 1.807) is 18.4 Å². The normalized spacial score (nSPS) is 15.6. The van der Waals surface area contributed by atoms with E-state index in [1.807, 2.05) is 0 Å². The van der Waals surface area contributed by atoms with Gasteiger partial charge < -0.3 is 20.3 Å². The fourth-order valence-corrected chi connectivity index (χ4v) is 3.86. The first-order valence-electron chi connectivity index (χ1n) is 8.21. The molecular formula is C16H24N5O2S+. The van der Waals surface area contributed by atoms with Crippen LogP contribution in [0.1, 0.15) is 16.3 Å². The smallest absolute Gasteiger partial charge is 0.239 e. The number of quaternary nitrogens is 1. The van der Waals surface area contributed by atoms with E-state index in [-0.39, 0.29) is 12.5 Å². The number of morpholine rings is 1. The lowest BCUT2D eigenvalue weighted by atomic mass is 10.2. The monoisotopic (exact) mass is 350 g/mol. The van der Waals surface area contributed by atoms with E-state index in [2.05, 4.69) is 24.5 Å². The van der Waals surface area contributed by atoms with Crippen molar-refractivity contribution in [3.8, 4) is 0 Å². The van der Waals surface area contributed by atoms with Gasteiger partial charge in [-0.05, 0) is 19.4 Å². The lowest BCUT2D eigenvalue weighted by Crippen LogP contribution is -3.12. The van der Waals surface area contributed by atoms with Crippen LogP contribution in [0.25, 0.3) is 10.2 Å². The molecule has 8 heteroatoms. The van der Waals surface area contributed by atoms with Crippen LogP contribution in [0.2, 0.25) is 0 Å². The Morgan fingerprint density at radius 1 is 1.29 bits per heavy atom. The Balaban J connectivity index is 1.90. The molecule has 1 saturated heterocycles. The zero-order valence-corrected chi connectivity index (χ0v) is 15.2. The summed E-state index contributed by atoms with van der Waals surface area (Å²) in [5.74, 6) is 1.51. The molecule has 2 aromatic heterocycles. The molecule has 1 amide bonds. The number of nitrogens with one attached hydrogen (secondary N) is 3. The molecule has 24 heavy (non-hydrogen) atoms. The molecule has 0 radical (unpaired) electrons. The number of anilines is 1. The summed E-state index contributed by atoms with van der Waals surface area (Å²) >= 11 is 1.68. The molecule has 0 unspecified atom stereocenters. The quantitative estimate of drug-likeness (QED) is 0.701. The van der Waals surface area contributed by atoms with Crippen LogP contribution in [0.5, 0.6) is 0 Å². The summed E-state index contributed by atoms with van der Waals surface area (Å²) in [7, 11) is 1.63. The molecule has 1 aliphatic heterocycles. The van der Waals surface area contributed by atoms with Gasteiger partial charge in [-0.3, -0.25) is 4.79 Å². The van der Waals surface area contributed by atoms with Gasteiger partial charge in [-0.25, -0.2) is 9.97 Å². The number of amides is 1. The Kier molecular flexibility index (Phi) is 5.27. The van der Waals surface area contributed by atoms with Crippen molar-refractivity contribution in [2.24, 2.45) is 0 Å². The van der Waals surface area contributed by atoms with E-state index in [4.69, 9.17) is 14.7 Å². The number of likely N-dealkylation sites (N-methyl/N-ethyl adjacent to an activating group) is 1. The Bertz CT molecular complexity index is 740. The fourth-order valence-electron chi connectivity index (χ4n) is 2.81. The third-order valence-corrected chi connectivity index (χ3v) is 5.48. The van der Waals surface area contributed by atoms with E-state index in [0.717, 1.165) is 54.7 Å². The highest BCUT2D eigenvalue weighted by Crippen LogP contribution is 2.33. The molecule has 130 valence electrons. The summed E-state index contributed by atoms with van der Waals surface area (Å²) in [6, 6.07) is 0. The number of carbonyl (C=O) groups excluding carboxylic acids is 1. The number of rotatable bonds is 5. The number of hydrogen-bond acceptors (Lipinski definition) is 6. The standard InChI is InChI=1S/C16H23N5O2S/c1-10-11(2)24-16-14(10)15(18-8-13(22)17-3)19-12(20-16)9-21-4-6-23-7-5-21/h4-9H2,1-3H3,(H,17,22)(H,18,19,20)/p+1. The number of aryl methyl sites for hydroxylation is 2. The van der Waals surface area contributed by atoms with Gasteiger partial charge in [0, 0.05) is 11.9 Å². The third-order valence-electron chi connectivity index (χ3n) is 4.38. The van der Waals surface area contributed by atoms with Crippen LogP contribution < -0.4 is 15.5 Å². The number of aromatic nitrogens is 2. The SMILES string of the molecule is CNC(=O)CNc1nc(C[NH+]2CCOCC2)nc2sc(C)c(C)c12.